The minimum atomic E-state index is 0.150. The van der Waals surface area contributed by atoms with Gasteiger partial charge in [0.25, 0.3) is 0 Å². The highest BCUT2D eigenvalue weighted by molar-refractivity contribution is 4.78. The molecule has 1 aliphatic heterocycles. The molecule has 0 aromatic heterocycles. The van der Waals surface area contributed by atoms with Gasteiger partial charge in [-0.2, -0.15) is 0 Å². The van der Waals surface area contributed by atoms with Crippen LogP contribution in [0.4, 0.5) is 0 Å². The van der Waals surface area contributed by atoms with Gasteiger partial charge in [0.1, 0.15) is 0 Å². The monoisotopic (exact) mass is 159 g/mol. The molecule has 0 radical (unpaired) electrons. The second-order valence-electron chi connectivity index (χ2n) is 3.19. The van der Waals surface area contributed by atoms with Crippen LogP contribution in [0.3, 0.4) is 0 Å². The minimum Gasteiger partial charge on any atom is -0.382 e. The van der Waals surface area contributed by atoms with Crippen molar-refractivity contribution in [3.8, 4) is 0 Å². The summed E-state index contributed by atoms with van der Waals surface area (Å²) in [5.41, 5.74) is 5.69. The Morgan fingerprint density at radius 2 is 2.36 bits per heavy atom. The zero-order valence-corrected chi connectivity index (χ0v) is 7.25. The zero-order chi connectivity index (χ0) is 8.27. The molecule has 3 nitrogen and oxygen atoms in total. The highest BCUT2D eigenvalue weighted by Crippen LogP contribution is 2.21. The smallest absolute Gasteiger partial charge is 0.0813 e. The summed E-state index contributed by atoms with van der Waals surface area (Å²) in [4.78, 5) is 0. The van der Waals surface area contributed by atoms with Crippen LogP contribution in [0.1, 0.15) is 19.8 Å². The lowest BCUT2D eigenvalue weighted by molar-refractivity contribution is -0.00825. The highest BCUT2D eigenvalue weighted by Gasteiger charge is 2.27. The molecule has 3 unspecified atom stereocenters. The molecular weight excluding hydrogens is 142 g/mol. The van der Waals surface area contributed by atoms with Gasteiger partial charge in [0, 0.05) is 13.2 Å². The van der Waals surface area contributed by atoms with Crippen molar-refractivity contribution in [2.75, 3.05) is 13.7 Å². The number of methoxy groups -OCH3 is 1. The van der Waals surface area contributed by atoms with E-state index in [1.165, 1.54) is 0 Å². The Morgan fingerprint density at radius 1 is 1.64 bits per heavy atom. The predicted octanol–water partition coefficient (Wildman–Crippen LogP) is 0.528. The molecule has 3 atom stereocenters. The molecule has 0 bridgehead atoms. The van der Waals surface area contributed by atoms with Gasteiger partial charge in [-0.3, -0.25) is 0 Å². The van der Waals surface area contributed by atoms with Crippen LogP contribution in [0.15, 0.2) is 0 Å². The number of nitrogens with two attached hydrogens (primary N) is 1. The number of rotatable bonds is 3. The lowest BCUT2D eigenvalue weighted by Crippen LogP contribution is -2.32. The molecule has 66 valence electrons. The summed E-state index contributed by atoms with van der Waals surface area (Å²) in [6, 6.07) is 0.150. The van der Waals surface area contributed by atoms with Crippen LogP contribution in [0.5, 0.6) is 0 Å². The molecule has 0 aliphatic carbocycles. The first-order chi connectivity index (χ1) is 5.24. The fourth-order valence-corrected chi connectivity index (χ4v) is 1.43. The van der Waals surface area contributed by atoms with E-state index in [2.05, 4.69) is 0 Å². The van der Waals surface area contributed by atoms with Crippen LogP contribution in [0, 0.1) is 0 Å². The summed E-state index contributed by atoms with van der Waals surface area (Å²) in [5, 5.41) is 0. The van der Waals surface area contributed by atoms with Gasteiger partial charge in [0.15, 0.2) is 0 Å². The van der Waals surface area contributed by atoms with Crippen LogP contribution >= 0.6 is 0 Å². The first kappa shape index (κ1) is 8.97. The lowest BCUT2D eigenvalue weighted by Gasteiger charge is -2.15. The molecule has 2 N–H and O–H groups in total. The number of hydrogen-bond acceptors (Lipinski definition) is 3. The Morgan fingerprint density at radius 3 is 2.82 bits per heavy atom. The highest BCUT2D eigenvalue weighted by atomic mass is 16.5. The number of hydrogen-bond donors (Lipinski definition) is 1. The average Bonchev–Trinajstić information content (AvgIpc) is 2.37. The topological polar surface area (TPSA) is 44.5 Å². The van der Waals surface area contributed by atoms with Crippen LogP contribution in [0.25, 0.3) is 0 Å². The van der Waals surface area contributed by atoms with Gasteiger partial charge in [0.05, 0.1) is 18.8 Å². The van der Waals surface area contributed by atoms with E-state index in [1.54, 1.807) is 7.11 Å². The van der Waals surface area contributed by atoms with E-state index < -0.39 is 0 Å². The summed E-state index contributed by atoms with van der Waals surface area (Å²) in [5.74, 6) is 0. The molecular formula is C8H17NO2. The third kappa shape index (κ3) is 2.43. The molecule has 1 rings (SSSR count). The summed E-state index contributed by atoms with van der Waals surface area (Å²) in [6.45, 7) is 2.68. The largest absolute Gasteiger partial charge is 0.382 e. The predicted molar refractivity (Wildman–Crippen MR) is 43.4 cm³/mol. The fraction of sp³-hybridized carbons (Fsp3) is 1.00. The van der Waals surface area contributed by atoms with Gasteiger partial charge in [-0.05, 0) is 19.8 Å². The van der Waals surface area contributed by atoms with Crippen molar-refractivity contribution in [1.82, 2.24) is 0 Å². The Bertz CT molecular complexity index is 117. The second kappa shape index (κ2) is 4.04. The Labute approximate surface area is 67.9 Å². The SMILES string of the molecule is COCC1CCC(C(C)N)O1. The van der Waals surface area contributed by atoms with Crippen molar-refractivity contribution in [3.05, 3.63) is 0 Å². The molecule has 1 heterocycles. The van der Waals surface area contributed by atoms with Crippen molar-refractivity contribution in [3.63, 3.8) is 0 Å². The van der Waals surface area contributed by atoms with Gasteiger partial charge in [-0.15, -0.1) is 0 Å². The Balaban J connectivity index is 2.23. The third-order valence-corrected chi connectivity index (χ3v) is 2.08. The molecule has 0 spiro atoms. The first-order valence-corrected chi connectivity index (χ1v) is 4.14. The molecule has 1 fully saturated rings. The van der Waals surface area contributed by atoms with E-state index in [0.29, 0.717) is 6.61 Å². The second-order valence-corrected chi connectivity index (χ2v) is 3.19. The number of ether oxygens (including phenoxy) is 2. The van der Waals surface area contributed by atoms with Crippen molar-refractivity contribution in [1.29, 1.82) is 0 Å². The van der Waals surface area contributed by atoms with E-state index in [4.69, 9.17) is 15.2 Å². The molecule has 1 saturated heterocycles. The molecule has 11 heavy (non-hydrogen) atoms. The summed E-state index contributed by atoms with van der Waals surface area (Å²) >= 11 is 0. The van der Waals surface area contributed by atoms with Crippen molar-refractivity contribution >= 4 is 0 Å². The summed E-state index contributed by atoms with van der Waals surface area (Å²) in [6.07, 6.45) is 2.68. The maximum Gasteiger partial charge on any atom is 0.0813 e. The summed E-state index contributed by atoms with van der Waals surface area (Å²) < 4.78 is 10.6. The normalized spacial score (nSPS) is 34.1. The van der Waals surface area contributed by atoms with Gasteiger partial charge in [-0.1, -0.05) is 0 Å². The molecule has 0 aromatic carbocycles. The van der Waals surface area contributed by atoms with Crippen molar-refractivity contribution < 1.29 is 9.47 Å². The van der Waals surface area contributed by atoms with E-state index in [1.807, 2.05) is 6.92 Å². The van der Waals surface area contributed by atoms with Crippen LogP contribution in [-0.2, 0) is 9.47 Å². The Kier molecular flexibility index (Phi) is 3.30. The maximum absolute atomic E-state index is 5.69. The lowest BCUT2D eigenvalue weighted by atomic mass is 10.1. The van der Waals surface area contributed by atoms with E-state index >= 15 is 0 Å². The van der Waals surface area contributed by atoms with E-state index in [0.717, 1.165) is 12.8 Å². The fourth-order valence-electron chi connectivity index (χ4n) is 1.43. The van der Waals surface area contributed by atoms with Gasteiger partial charge < -0.3 is 15.2 Å². The minimum absolute atomic E-state index is 0.150. The average molecular weight is 159 g/mol. The molecule has 0 aromatic rings. The zero-order valence-electron chi connectivity index (χ0n) is 7.25. The quantitative estimate of drug-likeness (QED) is 0.653. The molecule has 3 heteroatoms. The van der Waals surface area contributed by atoms with Gasteiger partial charge in [0.2, 0.25) is 0 Å². The van der Waals surface area contributed by atoms with Crippen LogP contribution in [-0.4, -0.2) is 32.0 Å². The maximum atomic E-state index is 5.69. The molecule has 1 aliphatic rings. The van der Waals surface area contributed by atoms with Crippen molar-refractivity contribution in [2.45, 2.75) is 38.0 Å². The standard InChI is InChI=1S/C8H17NO2/c1-6(9)8-4-3-7(11-8)5-10-2/h6-8H,3-5,9H2,1-2H3. The third-order valence-electron chi connectivity index (χ3n) is 2.08. The van der Waals surface area contributed by atoms with E-state index in [9.17, 15) is 0 Å². The van der Waals surface area contributed by atoms with Crippen LogP contribution in [0.2, 0.25) is 0 Å². The summed E-state index contributed by atoms with van der Waals surface area (Å²) in [7, 11) is 1.70. The molecule has 0 amide bonds. The van der Waals surface area contributed by atoms with E-state index in [-0.39, 0.29) is 18.2 Å². The van der Waals surface area contributed by atoms with Crippen LogP contribution < -0.4 is 5.73 Å². The first-order valence-electron chi connectivity index (χ1n) is 4.14. The molecule has 0 saturated carbocycles. The van der Waals surface area contributed by atoms with Gasteiger partial charge >= 0.3 is 0 Å². The van der Waals surface area contributed by atoms with Crippen molar-refractivity contribution in [2.24, 2.45) is 5.73 Å². The van der Waals surface area contributed by atoms with Gasteiger partial charge in [-0.25, -0.2) is 0 Å². The Hall–Kier alpha value is -0.120.